The van der Waals surface area contributed by atoms with E-state index in [0.29, 0.717) is 5.56 Å². The van der Waals surface area contributed by atoms with Crippen LogP contribution in [0.5, 0.6) is 0 Å². The van der Waals surface area contributed by atoms with Gasteiger partial charge >= 0.3 is 0 Å². The molecule has 3 rings (SSSR count). The zero-order valence-electron chi connectivity index (χ0n) is 11.4. The zero-order chi connectivity index (χ0) is 15.7. The van der Waals surface area contributed by atoms with E-state index < -0.39 is 22.0 Å². The number of hydrogen-bond donors (Lipinski definition) is 3. The molecule has 3 N–H and O–H groups in total. The van der Waals surface area contributed by atoms with E-state index in [1.807, 2.05) is 0 Å². The van der Waals surface area contributed by atoms with Gasteiger partial charge in [0.1, 0.15) is 18.2 Å². The first-order valence-electron chi connectivity index (χ1n) is 6.33. The van der Waals surface area contributed by atoms with Gasteiger partial charge in [-0.1, -0.05) is 12.1 Å². The smallest absolute Gasteiger partial charge is 0.263 e. The number of sulfonamides is 1. The second-order valence-corrected chi connectivity index (χ2v) is 6.23. The number of amides is 1. The van der Waals surface area contributed by atoms with E-state index >= 15 is 0 Å². The molecule has 1 atom stereocenters. The van der Waals surface area contributed by atoms with Crippen molar-refractivity contribution in [1.82, 2.24) is 19.9 Å². The van der Waals surface area contributed by atoms with Gasteiger partial charge in [-0.3, -0.25) is 19.8 Å². The Morgan fingerprint density at radius 2 is 2.14 bits per heavy atom. The topological polar surface area (TPSA) is 129 Å². The number of anilines is 1. The van der Waals surface area contributed by atoms with Gasteiger partial charge in [0, 0.05) is 5.56 Å². The Kier molecular flexibility index (Phi) is 3.37. The Morgan fingerprint density at radius 3 is 2.86 bits per heavy atom. The molecule has 0 fully saturated rings. The van der Waals surface area contributed by atoms with Crippen molar-refractivity contribution in [3.05, 3.63) is 36.2 Å². The summed E-state index contributed by atoms with van der Waals surface area (Å²) in [4.78, 5) is 20.1. The van der Waals surface area contributed by atoms with E-state index in [1.165, 1.54) is 12.4 Å². The summed E-state index contributed by atoms with van der Waals surface area (Å²) < 4.78 is 26.3. The number of rotatable bonds is 3. The summed E-state index contributed by atoms with van der Waals surface area (Å²) in [6.45, 7) is 1.55. The molecule has 10 heteroatoms. The van der Waals surface area contributed by atoms with Gasteiger partial charge in [0.15, 0.2) is 0 Å². The third-order valence-corrected chi connectivity index (χ3v) is 4.42. The minimum Gasteiger partial charge on any atom is -0.293 e. The third-order valence-electron chi connectivity index (χ3n) is 3.02. The highest BCUT2D eigenvalue weighted by Crippen LogP contribution is 2.22. The van der Waals surface area contributed by atoms with Gasteiger partial charge in [0.05, 0.1) is 4.90 Å². The monoisotopic (exact) mass is 320 g/mol. The predicted molar refractivity (Wildman–Crippen MR) is 77.8 cm³/mol. The van der Waals surface area contributed by atoms with Crippen molar-refractivity contribution in [3.63, 3.8) is 0 Å². The number of carbonyl (C=O) groups excluding carboxylic acids is 1. The van der Waals surface area contributed by atoms with Gasteiger partial charge in [0.2, 0.25) is 5.95 Å². The van der Waals surface area contributed by atoms with Gasteiger partial charge in [0.25, 0.3) is 15.9 Å². The normalized spacial score (nSPS) is 18.5. The SMILES string of the molecule is C[C@H](N=C1NS(=O)(=O)c2ccccc21)C(=O)Nc1ncn[nH]1. The summed E-state index contributed by atoms with van der Waals surface area (Å²) >= 11 is 0. The van der Waals surface area contributed by atoms with Crippen LogP contribution in [0.25, 0.3) is 0 Å². The molecule has 1 aliphatic heterocycles. The molecule has 114 valence electrons. The first-order chi connectivity index (χ1) is 10.5. The van der Waals surface area contributed by atoms with Crippen molar-refractivity contribution in [1.29, 1.82) is 0 Å². The van der Waals surface area contributed by atoms with Crippen molar-refractivity contribution in [2.24, 2.45) is 4.99 Å². The molecule has 1 aliphatic rings. The summed E-state index contributed by atoms with van der Waals surface area (Å²) in [5.74, 6) is -0.0897. The fourth-order valence-electron chi connectivity index (χ4n) is 1.97. The Hall–Kier alpha value is -2.75. The van der Waals surface area contributed by atoms with E-state index in [9.17, 15) is 13.2 Å². The van der Waals surface area contributed by atoms with Crippen LogP contribution in [0.2, 0.25) is 0 Å². The fraction of sp³-hybridized carbons (Fsp3) is 0.167. The molecule has 22 heavy (non-hydrogen) atoms. The maximum atomic E-state index is 12.0. The molecule has 0 unspecified atom stereocenters. The summed E-state index contributed by atoms with van der Waals surface area (Å²) in [5, 5.41) is 8.59. The van der Waals surface area contributed by atoms with Crippen LogP contribution >= 0.6 is 0 Å². The van der Waals surface area contributed by atoms with Crippen LogP contribution in [-0.2, 0) is 14.8 Å². The Morgan fingerprint density at radius 1 is 1.36 bits per heavy atom. The number of aromatic nitrogens is 3. The van der Waals surface area contributed by atoms with Crippen LogP contribution in [0.15, 0.2) is 40.5 Å². The largest absolute Gasteiger partial charge is 0.293 e. The minimum absolute atomic E-state index is 0.149. The Balaban J connectivity index is 1.85. The lowest BCUT2D eigenvalue weighted by atomic mass is 10.2. The Labute approximate surface area is 125 Å². The summed E-state index contributed by atoms with van der Waals surface area (Å²) in [6, 6.07) is 5.64. The van der Waals surface area contributed by atoms with Crippen LogP contribution < -0.4 is 10.0 Å². The summed E-state index contributed by atoms with van der Waals surface area (Å²) in [7, 11) is -3.62. The predicted octanol–water partition coefficient (Wildman–Crippen LogP) is -0.130. The standard InChI is InChI=1S/C12H12N6O3S/c1-7(11(19)16-12-13-6-14-17-12)15-10-8-4-2-3-5-9(8)22(20,21)18-10/h2-7H,1H3,(H,15,18)(H2,13,14,16,17,19)/t7-/m0/s1. The number of hydrogen-bond acceptors (Lipinski definition) is 6. The number of aromatic amines is 1. The average molecular weight is 320 g/mol. The van der Waals surface area contributed by atoms with Crippen molar-refractivity contribution in [2.45, 2.75) is 17.9 Å². The van der Waals surface area contributed by atoms with E-state index in [2.05, 4.69) is 30.2 Å². The number of nitrogens with one attached hydrogen (secondary N) is 3. The molecule has 1 aromatic carbocycles. The molecule has 1 amide bonds. The molecule has 0 radical (unpaired) electrons. The van der Waals surface area contributed by atoms with E-state index in [0.717, 1.165) is 0 Å². The number of aliphatic imine (C=N–C) groups is 1. The maximum absolute atomic E-state index is 12.0. The summed E-state index contributed by atoms with van der Waals surface area (Å²) in [5.41, 5.74) is 0.446. The summed E-state index contributed by atoms with van der Waals surface area (Å²) in [6.07, 6.45) is 1.26. The fourth-order valence-corrected chi connectivity index (χ4v) is 3.21. The first-order valence-corrected chi connectivity index (χ1v) is 7.82. The van der Waals surface area contributed by atoms with Gasteiger partial charge in [-0.05, 0) is 19.1 Å². The van der Waals surface area contributed by atoms with Crippen LogP contribution in [0.4, 0.5) is 5.95 Å². The zero-order valence-corrected chi connectivity index (χ0v) is 12.3. The van der Waals surface area contributed by atoms with Crippen LogP contribution in [0.3, 0.4) is 0 Å². The first kappa shape index (κ1) is 14.2. The van der Waals surface area contributed by atoms with E-state index in [1.54, 1.807) is 25.1 Å². The lowest BCUT2D eigenvalue weighted by Crippen LogP contribution is -2.29. The highest BCUT2D eigenvalue weighted by atomic mass is 32.2. The van der Waals surface area contributed by atoms with Crippen molar-refractivity contribution in [2.75, 3.05) is 5.32 Å². The lowest BCUT2D eigenvalue weighted by Gasteiger charge is -2.07. The number of benzene rings is 1. The molecule has 2 aromatic rings. The molecule has 0 spiro atoms. The number of H-pyrrole nitrogens is 1. The van der Waals surface area contributed by atoms with E-state index in [4.69, 9.17) is 0 Å². The highest BCUT2D eigenvalue weighted by Gasteiger charge is 2.31. The molecular formula is C12H12N6O3S. The second-order valence-electron chi connectivity index (χ2n) is 4.58. The van der Waals surface area contributed by atoms with Gasteiger partial charge in [-0.15, -0.1) is 0 Å². The van der Waals surface area contributed by atoms with Crippen molar-refractivity contribution >= 4 is 27.7 Å². The van der Waals surface area contributed by atoms with Gasteiger partial charge in [-0.2, -0.15) is 10.1 Å². The van der Waals surface area contributed by atoms with E-state index in [-0.39, 0.29) is 16.7 Å². The molecule has 1 aromatic heterocycles. The van der Waals surface area contributed by atoms with Crippen molar-refractivity contribution in [3.8, 4) is 0 Å². The Bertz CT molecular complexity index is 844. The highest BCUT2D eigenvalue weighted by molar-refractivity contribution is 7.90. The molecule has 0 saturated heterocycles. The van der Waals surface area contributed by atoms with Gasteiger partial charge in [-0.25, -0.2) is 13.5 Å². The van der Waals surface area contributed by atoms with Crippen LogP contribution in [-0.4, -0.2) is 41.4 Å². The lowest BCUT2D eigenvalue weighted by molar-refractivity contribution is -0.117. The van der Waals surface area contributed by atoms with Crippen LogP contribution in [0, 0.1) is 0 Å². The quantitative estimate of drug-likeness (QED) is 0.725. The molecule has 0 bridgehead atoms. The number of nitrogens with zero attached hydrogens (tertiary/aromatic N) is 3. The number of fused-ring (bicyclic) bond motifs is 1. The molecule has 0 saturated carbocycles. The molecular weight excluding hydrogens is 308 g/mol. The maximum Gasteiger partial charge on any atom is 0.263 e. The molecule has 0 aliphatic carbocycles. The molecule has 9 nitrogen and oxygen atoms in total. The van der Waals surface area contributed by atoms with Crippen LogP contribution in [0.1, 0.15) is 12.5 Å². The average Bonchev–Trinajstić information content (AvgIpc) is 3.07. The minimum atomic E-state index is -3.62. The number of carbonyl (C=O) groups is 1. The van der Waals surface area contributed by atoms with Crippen molar-refractivity contribution < 1.29 is 13.2 Å². The number of amidine groups is 1. The second kappa shape index (κ2) is 5.22. The molecule has 2 heterocycles. The third kappa shape index (κ3) is 2.55. The van der Waals surface area contributed by atoms with Gasteiger partial charge < -0.3 is 0 Å².